The van der Waals surface area contributed by atoms with Crippen LogP contribution in [0.5, 0.6) is 11.6 Å². The van der Waals surface area contributed by atoms with E-state index in [1.165, 1.54) is 12.4 Å². The third-order valence-corrected chi connectivity index (χ3v) is 2.56. The van der Waals surface area contributed by atoms with Gasteiger partial charge in [-0.2, -0.15) is 4.98 Å². The van der Waals surface area contributed by atoms with Crippen LogP contribution in [-0.2, 0) is 0 Å². The molecule has 4 nitrogen and oxygen atoms in total. The fourth-order valence-electron chi connectivity index (χ4n) is 1.61. The van der Waals surface area contributed by atoms with Crippen molar-refractivity contribution in [1.82, 2.24) is 15.0 Å². The maximum Gasteiger partial charge on any atom is 0.239 e. The highest BCUT2D eigenvalue weighted by Crippen LogP contribution is 2.23. The van der Waals surface area contributed by atoms with Crippen molar-refractivity contribution in [3.8, 4) is 11.6 Å². The molecule has 0 saturated heterocycles. The molecule has 0 aliphatic heterocycles. The predicted molar refractivity (Wildman–Crippen MR) is 68.9 cm³/mol. The summed E-state index contributed by atoms with van der Waals surface area (Å²) in [5.74, 6) is 1.04. The maximum atomic E-state index is 5.74. The van der Waals surface area contributed by atoms with E-state index in [1.807, 2.05) is 30.3 Å². The summed E-state index contributed by atoms with van der Waals surface area (Å²) < 4.78 is 5.58. The lowest BCUT2D eigenvalue weighted by molar-refractivity contribution is 0.461. The number of rotatable bonds is 2. The Bertz CT molecular complexity index is 702. The van der Waals surface area contributed by atoms with Gasteiger partial charge in [0.2, 0.25) is 5.88 Å². The van der Waals surface area contributed by atoms with E-state index in [2.05, 4.69) is 15.0 Å². The van der Waals surface area contributed by atoms with E-state index in [-0.39, 0.29) is 0 Å². The first-order valence-corrected chi connectivity index (χ1v) is 5.69. The number of halogens is 1. The fraction of sp³-hybridized carbons (Fsp3) is 0. The summed E-state index contributed by atoms with van der Waals surface area (Å²) in [4.78, 5) is 12.2. The molecular formula is C13H8ClN3O. The molecule has 0 aliphatic carbocycles. The van der Waals surface area contributed by atoms with Crippen molar-refractivity contribution in [1.29, 1.82) is 0 Å². The third kappa shape index (κ3) is 2.24. The summed E-state index contributed by atoms with van der Waals surface area (Å²) in [5.41, 5.74) is 0.919. The summed E-state index contributed by atoms with van der Waals surface area (Å²) in [6.07, 6.45) is 4.73. The predicted octanol–water partition coefficient (Wildman–Crippen LogP) is 3.47. The van der Waals surface area contributed by atoms with Gasteiger partial charge in [-0.25, -0.2) is 0 Å². The molecule has 5 heteroatoms. The fourth-order valence-corrected chi connectivity index (χ4v) is 1.75. The summed E-state index contributed by atoms with van der Waals surface area (Å²) in [6.45, 7) is 0. The Morgan fingerprint density at radius 3 is 2.94 bits per heavy atom. The van der Waals surface area contributed by atoms with Crippen LogP contribution in [0.4, 0.5) is 0 Å². The molecule has 0 fully saturated rings. The number of pyridine rings is 1. The van der Waals surface area contributed by atoms with E-state index in [1.54, 1.807) is 6.20 Å². The van der Waals surface area contributed by atoms with Gasteiger partial charge in [0.1, 0.15) is 5.75 Å². The van der Waals surface area contributed by atoms with Crippen LogP contribution < -0.4 is 4.74 Å². The average molecular weight is 258 g/mol. The van der Waals surface area contributed by atoms with Crippen LogP contribution in [0.2, 0.25) is 5.15 Å². The molecule has 3 aromatic rings. The lowest BCUT2D eigenvalue weighted by Gasteiger charge is -2.05. The summed E-state index contributed by atoms with van der Waals surface area (Å²) in [6, 6.07) is 9.47. The van der Waals surface area contributed by atoms with Gasteiger partial charge in [0.15, 0.2) is 5.15 Å². The zero-order chi connectivity index (χ0) is 12.4. The minimum Gasteiger partial charge on any atom is -0.437 e. The zero-order valence-corrected chi connectivity index (χ0v) is 10.0. The van der Waals surface area contributed by atoms with Gasteiger partial charge in [-0.3, -0.25) is 9.97 Å². The molecule has 0 saturated carbocycles. The number of benzene rings is 1. The van der Waals surface area contributed by atoms with Crippen LogP contribution >= 0.6 is 11.6 Å². The number of ether oxygens (including phenoxy) is 1. The zero-order valence-electron chi connectivity index (χ0n) is 9.25. The van der Waals surface area contributed by atoms with Crippen LogP contribution in [0.3, 0.4) is 0 Å². The minimum absolute atomic E-state index is 0.301. The number of hydrogen-bond donors (Lipinski definition) is 0. The molecule has 0 spiro atoms. The smallest absolute Gasteiger partial charge is 0.239 e. The van der Waals surface area contributed by atoms with Gasteiger partial charge in [0.25, 0.3) is 0 Å². The molecule has 0 aliphatic rings. The second kappa shape index (κ2) is 4.58. The molecule has 0 N–H and O–H groups in total. The van der Waals surface area contributed by atoms with Crippen molar-refractivity contribution in [3.63, 3.8) is 0 Å². The molecule has 18 heavy (non-hydrogen) atoms. The van der Waals surface area contributed by atoms with Crippen LogP contribution in [0.1, 0.15) is 0 Å². The van der Waals surface area contributed by atoms with Gasteiger partial charge in [-0.05, 0) is 24.3 Å². The Hall–Kier alpha value is -2.20. The quantitative estimate of drug-likeness (QED) is 0.705. The second-order valence-corrected chi connectivity index (χ2v) is 4.03. The van der Waals surface area contributed by atoms with Gasteiger partial charge in [-0.15, -0.1) is 0 Å². The molecule has 0 amide bonds. The van der Waals surface area contributed by atoms with Gasteiger partial charge < -0.3 is 4.74 Å². The van der Waals surface area contributed by atoms with Gasteiger partial charge in [-0.1, -0.05) is 17.7 Å². The lowest BCUT2D eigenvalue weighted by Crippen LogP contribution is -1.89. The minimum atomic E-state index is 0.301. The van der Waals surface area contributed by atoms with Crippen molar-refractivity contribution in [2.45, 2.75) is 0 Å². The summed E-state index contributed by atoms with van der Waals surface area (Å²) in [7, 11) is 0. The summed E-state index contributed by atoms with van der Waals surface area (Å²) in [5, 5.41) is 1.31. The molecule has 0 atom stereocenters. The Morgan fingerprint density at radius 1 is 1.11 bits per heavy atom. The Morgan fingerprint density at radius 2 is 2.06 bits per heavy atom. The van der Waals surface area contributed by atoms with Crippen LogP contribution in [-0.4, -0.2) is 15.0 Å². The molecule has 0 bridgehead atoms. The molecular weight excluding hydrogens is 250 g/mol. The van der Waals surface area contributed by atoms with E-state index in [9.17, 15) is 0 Å². The highest BCUT2D eigenvalue weighted by Gasteiger charge is 2.02. The first-order valence-electron chi connectivity index (χ1n) is 5.31. The van der Waals surface area contributed by atoms with E-state index < -0.39 is 0 Å². The van der Waals surface area contributed by atoms with E-state index in [0.29, 0.717) is 16.8 Å². The van der Waals surface area contributed by atoms with E-state index in [0.717, 1.165) is 10.9 Å². The molecule has 0 unspecified atom stereocenters. The highest BCUT2D eigenvalue weighted by atomic mass is 35.5. The maximum absolute atomic E-state index is 5.74. The highest BCUT2D eigenvalue weighted by molar-refractivity contribution is 6.29. The van der Waals surface area contributed by atoms with Crippen LogP contribution in [0, 0.1) is 0 Å². The standard InChI is InChI=1S/C13H8ClN3O/c14-12-7-15-8-13(17-12)18-10-3-4-11-9(6-10)2-1-5-16-11/h1-8H. The molecule has 88 valence electrons. The van der Waals surface area contributed by atoms with Crippen molar-refractivity contribution in [3.05, 3.63) is 54.1 Å². The Balaban J connectivity index is 1.95. The van der Waals surface area contributed by atoms with Crippen molar-refractivity contribution < 1.29 is 4.74 Å². The number of aromatic nitrogens is 3. The normalized spacial score (nSPS) is 10.5. The Labute approximate surface area is 108 Å². The molecule has 3 rings (SSSR count). The Kier molecular flexibility index (Phi) is 2.78. The largest absolute Gasteiger partial charge is 0.437 e. The monoisotopic (exact) mass is 257 g/mol. The van der Waals surface area contributed by atoms with Gasteiger partial charge >= 0.3 is 0 Å². The molecule has 1 aromatic carbocycles. The second-order valence-electron chi connectivity index (χ2n) is 3.64. The first kappa shape index (κ1) is 10.9. The number of nitrogens with zero attached hydrogens (tertiary/aromatic N) is 3. The van der Waals surface area contributed by atoms with Gasteiger partial charge in [0, 0.05) is 11.6 Å². The topological polar surface area (TPSA) is 47.9 Å². The van der Waals surface area contributed by atoms with Gasteiger partial charge in [0.05, 0.1) is 17.9 Å². The van der Waals surface area contributed by atoms with E-state index >= 15 is 0 Å². The lowest BCUT2D eigenvalue weighted by atomic mass is 10.2. The SMILES string of the molecule is Clc1cncc(Oc2ccc3ncccc3c2)n1. The molecule has 2 heterocycles. The average Bonchev–Trinajstić information content (AvgIpc) is 2.39. The summed E-state index contributed by atoms with van der Waals surface area (Å²) >= 11 is 5.74. The molecule has 0 radical (unpaired) electrons. The van der Waals surface area contributed by atoms with Crippen LogP contribution in [0.25, 0.3) is 10.9 Å². The van der Waals surface area contributed by atoms with Crippen molar-refractivity contribution in [2.75, 3.05) is 0 Å². The number of hydrogen-bond acceptors (Lipinski definition) is 4. The first-order chi connectivity index (χ1) is 8.81. The van der Waals surface area contributed by atoms with E-state index in [4.69, 9.17) is 16.3 Å². The van der Waals surface area contributed by atoms with Crippen molar-refractivity contribution >= 4 is 22.5 Å². The number of fused-ring (bicyclic) bond motifs is 1. The third-order valence-electron chi connectivity index (χ3n) is 2.38. The van der Waals surface area contributed by atoms with Crippen molar-refractivity contribution in [2.24, 2.45) is 0 Å². The van der Waals surface area contributed by atoms with Crippen LogP contribution in [0.15, 0.2) is 48.9 Å². The molecule has 2 aromatic heterocycles.